The number of halogens is 1. The van der Waals surface area contributed by atoms with E-state index in [4.69, 9.17) is 11.6 Å². The van der Waals surface area contributed by atoms with Crippen LogP contribution in [0.25, 0.3) is 6.08 Å². The number of fused-ring (bicyclic) bond motifs is 1. The van der Waals surface area contributed by atoms with E-state index < -0.39 is 0 Å². The molecule has 0 amide bonds. The highest BCUT2D eigenvalue weighted by Gasteiger charge is 2.11. The number of benzene rings is 1. The summed E-state index contributed by atoms with van der Waals surface area (Å²) in [4.78, 5) is 0. The first kappa shape index (κ1) is 9.79. The van der Waals surface area contributed by atoms with Gasteiger partial charge in [-0.05, 0) is 30.4 Å². The molecule has 0 aliphatic heterocycles. The van der Waals surface area contributed by atoms with Crippen LogP contribution < -0.4 is 0 Å². The molecule has 73 valence electrons. The summed E-state index contributed by atoms with van der Waals surface area (Å²) in [5.74, 6) is 0.778. The maximum Gasteiger partial charge on any atom is 0.0223 e. The van der Waals surface area contributed by atoms with Crippen LogP contribution in [-0.4, -0.2) is 5.88 Å². The standard InChI is InChI=1S/C13H14Cl/c14-8-4-3-5-11-9-12-6-1-2-7-13(12)10-11/h1-2,6-7,9-10H,3-5,8H2. The maximum atomic E-state index is 5.65. The Morgan fingerprint density at radius 2 is 1.79 bits per heavy atom. The summed E-state index contributed by atoms with van der Waals surface area (Å²) >= 11 is 5.65. The van der Waals surface area contributed by atoms with Crippen molar-refractivity contribution in [2.75, 3.05) is 5.88 Å². The third kappa shape index (κ3) is 2.19. The van der Waals surface area contributed by atoms with Crippen molar-refractivity contribution in [1.82, 2.24) is 0 Å². The van der Waals surface area contributed by atoms with E-state index in [1.54, 1.807) is 0 Å². The van der Waals surface area contributed by atoms with Gasteiger partial charge in [0.15, 0.2) is 0 Å². The molecule has 1 aromatic carbocycles. The third-order valence-corrected chi connectivity index (χ3v) is 2.79. The number of hydrogen-bond donors (Lipinski definition) is 0. The van der Waals surface area contributed by atoms with Gasteiger partial charge in [0.2, 0.25) is 0 Å². The lowest BCUT2D eigenvalue weighted by atomic mass is 10.1. The van der Waals surface area contributed by atoms with E-state index in [0.29, 0.717) is 0 Å². The van der Waals surface area contributed by atoms with E-state index >= 15 is 0 Å². The van der Waals surface area contributed by atoms with Crippen LogP contribution in [0.1, 0.15) is 30.4 Å². The van der Waals surface area contributed by atoms with Crippen molar-refractivity contribution in [2.45, 2.75) is 19.3 Å². The van der Waals surface area contributed by atoms with E-state index in [0.717, 1.165) is 18.7 Å². The number of rotatable bonds is 4. The first-order chi connectivity index (χ1) is 6.90. The molecule has 0 bridgehead atoms. The van der Waals surface area contributed by atoms with Gasteiger partial charge in [-0.25, -0.2) is 0 Å². The smallest absolute Gasteiger partial charge is 0.0223 e. The summed E-state index contributed by atoms with van der Waals surface area (Å²) in [5, 5.41) is 0. The van der Waals surface area contributed by atoms with Gasteiger partial charge in [-0.15, -0.1) is 11.6 Å². The molecular weight excluding hydrogens is 192 g/mol. The van der Waals surface area contributed by atoms with Crippen LogP contribution in [0.5, 0.6) is 0 Å². The van der Waals surface area contributed by atoms with Crippen molar-refractivity contribution in [3.05, 3.63) is 47.4 Å². The molecule has 1 aliphatic carbocycles. The highest BCUT2D eigenvalue weighted by Crippen LogP contribution is 2.29. The van der Waals surface area contributed by atoms with Gasteiger partial charge in [-0.2, -0.15) is 0 Å². The molecule has 2 rings (SSSR count). The molecule has 0 nitrogen and oxygen atoms in total. The normalized spacial score (nSPS) is 13.9. The minimum Gasteiger partial charge on any atom is -0.127 e. The second-order valence-corrected chi connectivity index (χ2v) is 4.02. The number of allylic oxidation sites excluding steroid dienone is 1. The third-order valence-electron chi connectivity index (χ3n) is 2.53. The molecule has 1 radical (unpaired) electrons. The predicted octanol–water partition coefficient (Wildman–Crippen LogP) is 4.05. The van der Waals surface area contributed by atoms with Gasteiger partial charge >= 0.3 is 0 Å². The van der Waals surface area contributed by atoms with Gasteiger partial charge in [0.05, 0.1) is 0 Å². The Morgan fingerprint density at radius 1 is 1.00 bits per heavy atom. The molecule has 1 aromatic rings. The SMILES string of the molecule is ClCCCCC1=Cc2ccccc2[CH]1. The molecule has 0 heterocycles. The van der Waals surface area contributed by atoms with E-state index in [1.807, 2.05) is 0 Å². The largest absolute Gasteiger partial charge is 0.127 e. The Kier molecular flexibility index (Phi) is 3.26. The van der Waals surface area contributed by atoms with Crippen LogP contribution in [0.3, 0.4) is 0 Å². The lowest BCUT2D eigenvalue weighted by molar-refractivity contribution is 0.801. The topological polar surface area (TPSA) is 0 Å². The molecule has 0 spiro atoms. The molecule has 0 saturated heterocycles. The highest BCUT2D eigenvalue weighted by molar-refractivity contribution is 6.17. The first-order valence-corrected chi connectivity index (χ1v) is 5.64. The van der Waals surface area contributed by atoms with Crippen LogP contribution in [0.2, 0.25) is 0 Å². The van der Waals surface area contributed by atoms with Gasteiger partial charge in [0.1, 0.15) is 0 Å². The Bertz CT molecular complexity index is 339. The lowest BCUT2D eigenvalue weighted by Gasteiger charge is -1.99. The molecule has 0 N–H and O–H groups in total. The fourth-order valence-corrected chi connectivity index (χ4v) is 1.97. The molecule has 14 heavy (non-hydrogen) atoms. The van der Waals surface area contributed by atoms with Crippen molar-refractivity contribution in [1.29, 1.82) is 0 Å². The van der Waals surface area contributed by atoms with Crippen LogP contribution in [0, 0.1) is 6.42 Å². The second-order valence-electron chi connectivity index (χ2n) is 3.64. The monoisotopic (exact) mass is 205 g/mol. The average molecular weight is 206 g/mol. The Labute approximate surface area is 90.6 Å². The minimum atomic E-state index is 0.778. The van der Waals surface area contributed by atoms with Crippen molar-refractivity contribution >= 4 is 17.7 Å². The van der Waals surface area contributed by atoms with Crippen LogP contribution >= 0.6 is 11.6 Å². The van der Waals surface area contributed by atoms with Crippen molar-refractivity contribution in [3.8, 4) is 0 Å². The molecule has 1 heteroatoms. The molecule has 0 atom stereocenters. The Hall–Kier alpha value is -0.750. The molecule has 0 aromatic heterocycles. The van der Waals surface area contributed by atoms with E-state index in [-0.39, 0.29) is 0 Å². The van der Waals surface area contributed by atoms with E-state index in [9.17, 15) is 0 Å². The maximum absolute atomic E-state index is 5.65. The van der Waals surface area contributed by atoms with Gasteiger partial charge in [0, 0.05) is 12.3 Å². The zero-order chi connectivity index (χ0) is 9.80. The second kappa shape index (κ2) is 4.65. The summed E-state index contributed by atoms with van der Waals surface area (Å²) in [6.45, 7) is 0. The van der Waals surface area contributed by atoms with Crippen LogP contribution in [0.15, 0.2) is 29.8 Å². The zero-order valence-electron chi connectivity index (χ0n) is 8.17. The summed E-state index contributed by atoms with van der Waals surface area (Å²) in [7, 11) is 0. The average Bonchev–Trinajstić information content (AvgIpc) is 2.60. The van der Waals surface area contributed by atoms with Crippen LogP contribution in [0.4, 0.5) is 0 Å². The number of hydrogen-bond acceptors (Lipinski definition) is 0. The summed E-state index contributed by atoms with van der Waals surface area (Å²) in [6, 6.07) is 8.51. The summed E-state index contributed by atoms with van der Waals surface area (Å²) < 4.78 is 0. The lowest BCUT2D eigenvalue weighted by Crippen LogP contribution is -1.83. The quantitative estimate of drug-likeness (QED) is 0.514. The van der Waals surface area contributed by atoms with Crippen molar-refractivity contribution in [2.24, 2.45) is 0 Å². The molecule has 0 unspecified atom stereocenters. The number of unbranched alkanes of at least 4 members (excludes halogenated alkanes) is 1. The molecular formula is C13H14Cl. The van der Waals surface area contributed by atoms with Gasteiger partial charge < -0.3 is 0 Å². The summed E-state index contributed by atoms with van der Waals surface area (Å²) in [5.41, 5.74) is 4.15. The fraction of sp³-hybridized carbons (Fsp3) is 0.308. The van der Waals surface area contributed by atoms with E-state index in [2.05, 4.69) is 36.8 Å². The van der Waals surface area contributed by atoms with Gasteiger partial charge in [-0.1, -0.05) is 35.9 Å². The minimum absolute atomic E-state index is 0.778. The van der Waals surface area contributed by atoms with Gasteiger partial charge in [0.25, 0.3) is 0 Å². The van der Waals surface area contributed by atoms with Crippen molar-refractivity contribution < 1.29 is 0 Å². The molecule has 1 aliphatic rings. The van der Waals surface area contributed by atoms with Crippen LogP contribution in [-0.2, 0) is 0 Å². The predicted molar refractivity (Wildman–Crippen MR) is 62.4 cm³/mol. The zero-order valence-corrected chi connectivity index (χ0v) is 8.93. The fourth-order valence-electron chi connectivity index (χ4n) is 1.78. The van der Waals surface area contributed by atoms with E-state index in [1.165, 1.54) is 23.1 Å². The first-order valence-electron chi connectivity index (χ1n) is 5.10. The summed E-state index contributed by atoms with van der Waals surface area (Å²) in [6.07, 6.45) is 8.03. The number of alkyl halides is 1. The Balaban J connectivity index is 1.95. The molecule has 0 fully saturated rings. The Morgan fingerprint density at radius 3 is 2.50 bits per heavy atom. The van der Waals surface area contributed by atoms with Gasteiger partial charge in [-0.3, -0.25) is 0 Å². The van der Waals surface area contributed by atoms with Crippen molar-refractivity contribution in [3.63, 3.8) is 0 Å². The molecule has 0 saturated carbocycles. The highest BCUT2D eigenvalue weighted by atomic mass is 35.5.